The molecule has 3 aromatic rings. The quantitative estimate of drug-likeness (QED) is 0.711. The van der Waals surface area contributed by atoms with Crippen molar-refractivity contribution in [2.24, 2.45) is 0 Å². The van der Waals surface area contributed by atoms with E-state index in [0.717, 1.165) is 16.3 Å². The summed E-state index contributed by atoms with van der Waals surface area (Å²) in [5.41, 5.74) is 0.933. The summed E-state index contributed by atoms with van der Waals surface area (Å²) >= 11 is -2.27. The summed E-state index contributed by atoms with van der Waals surface area (Å²) in [4.78, 5) is 14.2. The molecule has 0 aliphatic carbocycles. The van der Waals surface area contributed by atoms with E-state index in [9.17, 15) is 9.00 Å². The maximum absolute atomic E-state index is 11.7. The number of hydrogen-bond donors (Lipinski definition) is 2. The van der Waals surface area contributed by atoms with E-state index in [-0.39, 0.29) is 4.90 Å². The van der Waals surface area contributed by atoms with Gasteiger partial charge in [0.15, 0.2) is 11.1 Å². The Bertz CT molecular complexity index is 870. The number of hydrogen-bond acceptors (Lipinski definition) is 2. The minimum atomic E-state index is -2.27. The van der Waals surface area contributed by atoms with E-state index in [2.05, 4.69) is 4.98 Å². The van der Waals surface area contributed by atoms with Crippen molar-refractivity contribution in [2.45, 2.75) is 4.90 Å². The molecule has 0 saturated heterocycles. The van der Waals surface area contributed by atoms with Crippen LogP contribution < -0.4 is 5.56 Å². The summed E-state index contributed by atoms with van der Waals surface area (Å²) in [6.45, 7) is 0. The van der Waals surface area contributed by atoms with Crippen LogP contribution in [0.15, 0.2) is 64.3 Å². The van der Waals surface area contributed by atoms with Crippen LogP contribution in [-0.2, 0) is 11.1 Å². The molecule has 0 fully saturated rings. The van der Waals surface area contributed by atoms with Crippen LogP contribution in [0.2, 0.25) is 0 Å². The third-order valence-electron chi connectivity index (χ3n) is 3.12. The van der Waals surface area contributed by atoms with Crippen molar-refractivity contribution in [3.8, 4) is 11.3 Å². The number of aromatic amines is 1. The molecule has 5 heteroatoms. The predicted molar refractivity (Wildman–Crippen MR) is 79.0 cm³/mol. The molecule has 0 radical (unpaired) electrons. The topological polar surface area (TPSA) is 70.2 Å². The van der Waals surface area contributed by atoms with Gasteiger partial charge in [0, 0.05) is 5.69 Å². The van der Waals surface area contributed by atoms with Crippen molar-refractivity contribution >= 4 is 21.9 Å². The molecule has 20 heavy (non-hydrogen) atoms. The van der Waals surface area contributed by atoms with Crippen LogP contribution in [0, 0.1) is 0 Å². The van der Waals surface area contributed by atoms with Crippen molar-refractivity contribution in [3.05, 3.63) is 65.0 Å². The zero-order valence-corrected chi connectivity index (χ0v) is 11.2. The molecule has 100 valence electrons. The van der Waals surface area contributed by atoms with Crippen LogP contribution in [0.4, 0.5) is 0 Å². The standard InChI is InChI=1S/C15H11NO3S/c17-15-14(20(18)19)8-7-13(16-15)12-6-5-10-3-1-2-4-11(10)9-12/h1-9H,(H,16,17)(H,18,19). The van der Waals surface area contributed by atoms with E-state index < -0.39 is 16.6 Å². The fourth-order valence-corrected chi connectivity index (χ4v) is 2.52. The van der Waals surface area contributed by atoms with E-state index in [1.54, 1.807) is 6.07 Å². The van der Waals surface area contributed by atoms with Gasteiger partial charge in [-0.2, -0.15) is 0 Å². The molecule has 2 N–H and O–H groups in total. The highest BCUT2D eigenvalue weighted by molar-refractivity contribution is 7.79. The van der Waals surface area contributed by atoms with Gasteiger partial charge >= 0.3 is 0 Å². The van der Waals surface area contributed by atoms with Crippen LogP contribution in [-0.4, -0.2) is 13.7 Å². The average molecular weight is 285 g/mol. The number of benzene rings is 2. The molecular weight excluding hydrogens is 274 g/mol. The zero-order valence-electron chi connectivity index (χ0n) is 10.4. The number of rotatable bonds is 2. The Balaban J connectivity index is 2.13. The summed E-state index contributed by atoms with van der Waals surface area (Å²) in [6.07, 6.45) is 0. The Kier molecular flexibility index (Phi) is 3.22. The van der Waals surface area contributed by atoms with E-state index >= 15 is 0 Å². The van der Waals surface area contributed by atoms with Gasteiger partial charge in [-0.15, -0.1) is 0 Å². The van der Waals surface area contributed by atoms with Crippen LogP contribution in [0.25, 0.3) is 22.0 Å². The fraction of sp³-hybridized carbons (Fsp3) is 0. The molecular formula is C15H11NO3S. The van der Waals surface area contributed by atoms with Gasteiger partial charge in [-0.05, 0) is 34.5 Å². The number of aromatic nitrogens is 1. The Labute approximate surface area is 117 Å². The lowest BCUT2D eigenvalue weighted by Gasteiger charge is -2.04. The molecule has 3 rings (SSSR count). The average Bonchev–Trinajstić information content (AvgIpc) is 2.46. The summed E-state index contributed by atoms with van der Waals surface area (Å²) in [5, 5.41) is 2.19. The second-order valence-corrected chi connectivity index (χ2v) is 5.31. The molecule has 1 atom stereocenters. The molecule has 0 saturated carbocycles. The molecule has 1 unspecified atom stereocenters. The summed E-state index contributed by atoms with van der Waals surface area (Å²) in [7, 11) is 0. The van der Waals surface area contributed by atoms with Crippen molar-refractivity contribution in [3.63, 3.8) is 0 Å². The van der Waals surface area contributed by atoms with Gasteiger partial charge in [-0.25, -0.2) is 4.21 Å². The summed E-state index contributed by atoms with van der Waals surface area (Å²) in [5.74, 6) is 0. The van der Waals surface area contributed by atoms with Gasteiger partial charge in [-0.3, -0.25) is 4.79 Å². The Morgan fingerprint density at radius 1 is 0.950 bits per heavy atom. The summed E-state index contributed by atoms with van der Waals surface area (Å²) < 4.78 is 19.9. The van der Waals surface area contributed by atoms with Crippen LogP contribution in [0.3, 0.4) is 0 Å². The minimum Gasteiger partial charge on any atom is -0.321 e. The van der Waals surface area contributed by atoms with Gasteiger partial charge in [0.1, 0.15) is 4.90 Å². The minimum absolute atomic E-state index is 0.144. The molecule has 1 heterocycles. The molecule has 2 aromatic carbocycles. The summed E-state index contributed by atoms with van der Waals surface area (Å²) in [6, 6.07) is 16.8. The van der Waals surface area contributed by atoms with Crippen molar-refractivity contribution < 1.29 is 8.76 Å². The Morgan fingerprint density at radius 2 is 1.70 bits per heavy atom. The highest BCUT2D eigenvalue weighted by Crippen LogP contribution is 2.22. The Hall–Kier alpha value is -2.24. The third-order valence-corrected chi connectivity index (χ3v) is 3.82. The molecule has 4 nitrogen and oxygen atoms in total. The fourth-order valence-electron chi connectivity index (χ4n) is 2.12. The lowest BCUT2D eigenvalue weighted by Crippen LogP contribution is -2.13. The van der Waals surface area contributed by atoms with E-state index in [0.29, 0.717) is 5.69 Å². The van der Waals surface area contributed by atoms with E-state index in [4.69, 9.17) is 4.55 Å². The number of nitrogens with one attached hydrogen (secondary N) is 1. The first-order valence-electron chi connectivity index (χ1n) is 5.98. The predicted octanol–water partition coefficient (Wildman–Crippen LogP) is 2.78. The lowest BCUT2D eigenvalue weighted by atomic mass is 10.0. The SMILES string of the molecule is O=c1[nH]c(-c2ccc3ccccc3c2)ccc1S(=O)O. The van der Waals surface area contributed by atoms with Gasteiger partial charge in [0.2, 0.25) is 0 Å². The molecule has 0 amide bonds. The third kappa shape index (κ3) is 2.29. The first-order chi connectivity index (χ1) is 9.65. The van der Waals surface area contributed by atoms with Gasteiger partial charge < -0.3 is 9.54 Å². The van der Waals surface area contributed by atoms with Gasteiger partial charge in [0.25, 0.3) is 5.56 Å². The second kappa shape index (κ2) is 5.03. The first kappa shape index (κ1) is 12.8. The molecule has 0 spiro atoms. The zero-order chi connectivity index (χ0) is 14.1. The maximum atomic E-state index is 11.7. The second-order valence-electron chi connectivity index (χ2n) is 4.38. The molecule has 0 aliphatic rings. The maximum Gasteiger partial charge on any atom is 0.267 e. The van der Waals surface area contributed by atoms with Gasteiger partial charge in [-0.1, -0.05) is 36.4 Å². The van der Waals surface area contributed by atoms with E-state index in [1.165, 1.54) is 6.07 Å². The largest absolute Gasteiger partial charge is 0.321 e. The smallest absolute Gasteiger partial charge is 0.267 e. The molecule has 0 aliphatic heterocycles. The van der Waals surface area contributed by atoms with Crippen LogP contribution >= 0.6 is 0 Å². The molecule has 0 bridgehead atoms. The Morgan fingerprint density at radius 3 is 2.40 bits per heavy atom. The van der Waals surface area contributed by atoms with Crippen molar-refractivity contribution in [1.82, 2.24) is 4.98 Å². The number of fused-ring (bicyclic) bond motifs is 1. The first-order valence-corrected chi connectivity index (χ1v) is 7.09. The number of H-pyrrole nitrogens is 1. The van der Waals surface area contributed by atoms with Crippen molar-refractivity contribution in [2.75, 3.05) is 0 Å². The normalized spacial score (nSPS) is 12.4. The van der Waals surface area contributed by atoms with Crippen molar-refractivity contribution in [1.29, 1.82) is 0 Å². The molecule has 1 aromatic heterocycles. The monoisotopic (exact) mass is 285 g/mol. The van der Waals surface area contributed by atoms with E-state index in [1.807, 2.05) is 42.5 Å². The van der Waals surface area contributed by atoms with Gasteiger partial charge in [0.05, 0.1) is 0 Å². The number of pyridine rings is 1. The van der Waals surface area contributed by atoms with Crippen LogP contribution in [0.1, 0.15) is 0 Å². The highest BCUT2D eigenvalue weighted by Gasteiger charge is 2.07. The van der Waals surface area contributed by atoms with Crippen LogP contribution in [0.5, 0.6) is 0 Å². The highest BCUT2D eigenvalue weighted by atomic mass is 32.2. The lowest BCUT2D eigenvalue weighted by molar-refractivity contribution is 0.563.